The molecule has 1 amide bonds. The van der Waals surface area contributed by atoms with E-state index in [1.807, 2.05) is 35.2 Å². The summed E-state index contributed by atoms with van der Waals surface area (Å²) in [5, 5.41) is 0. The lowest BCUT2D eigenvalue weighted by Crippen LogP contribution is -2.48. The minimum atomic E-state index is -0.403. The normalized spacial score (nSPS) is 14.5. The molecule has 1 aliphatic heterocycles. The zero-order chi connectivity index (χ0) is 20.5. The van der Waals surface area contributed by atoms with E-state index in [0.717, 1.165) is 13.1 Å². The van der Waals surface area contributed by atoms with E-state index in [1.165, 1.54) is 11.8 Å². The third-order valence-electron chi connectivity index (χ3n) is 4.58. The van der Waals surface area contributed by atoms with Crippen LogP contribution in [0.2, 0.25) is 0 Å². The van der Waals surface area contributed by atoms with E-state index < -0.39 is 5.97 Å². The van der Waals surface area contributed by atoms with E-state index in [0.29, 0.717) is 31.1 Å². The van der Waals surface area contributed by atoms with Crippen LogP contribution in [0.25, 0.3) is 12.2 Å². The van der Waals surface area contributed by atoms with Gasteiger partial charge in [0.15, 0.2) is 0 Å². The first-order chi connectivity index (χ1) is 14.2. The summed E-state index contributed by atoms with van der Waals surface area (Å²) in [4.78, 5) is 32.5. The molecule has 1 aromatic carbocycles. The van der Waals surface area contributed by atoms with Gasteiger partial charge in [0, 0.05) is 44.0 Å². The number of nitrogens with zero attached hydrogens (tertiary/aromatic N) is 3. The molecular weight excluding hydrogens is 366 g/mol. The van der Waals surface area contributed by atoms with Gasteiger partial charge in [0.1, 0.15) is 0 Å². The molecule has 0 N–H and O–H groups in total. The van der Waals surface area contributed by atoms with Crippen molar-refractivity contribution in [2.45, 2.75) is 6.92 Å². The van der Waals surface area contributed by atoms with E-state index in [2.05, 4.69) is 22.0 Å². The molecule has 29 heavy (non-hydrogen) atoms. The summed E-state index contributed by atoms with van der Waals surface area (Å²) in [7, 11) is 0. The number of hydrogen-bond donors (Lipinski definition) is 0. The molecule has 2 heterocycles. The van der Waals surface area contributed by atoms with Gasteiger partial charge in [-0.05, 0) is 43.3 Å². The van der Waals surface area contributed by atoms with Crippen LogP contribution in [0.5, 0.6) is 0 Å². The molecule has 0 saturated carbocycles. The Morgan fingerprint density at radius 3 is 2.24 bits per heavy atom. The van der Waals surface area contributed by atoms with Gasteiger partial charge in [0.25, 0.3) is 0 Å². The second-order valence-electron chi connectivity index (χ2n) is 6.55. The Morgan fingerprint density at radius 2 is 1.59 bits per heavy atom. The molecule has 150 valence electrons. The highest BCUT2D eigenvalue weighted by Crippen LogP contribution is 2.15. The van der Waals surface area contributed by atoms with Crippen molar-refractivity contribution in [3.63, 3.8) is 0 Å². The molecule has 2 aromatic rings. The van der Waals surface area contributed by atoms with Crippen LogP contribution in [0.1, 0.15) is 18.3 Å². The van der Waals surface area contributed by atoms with Crippen molar-refractivity contribution in [3.05, 3.63) is 72.1 Å². The lowest BCUT2D eigenvalue weighted by atomic mass is 10.2. The van der Waals surface area contributed by atoms with Crippen LogP contribution in [0.3, 0.4) is 0 Å². The predicted octanol–water partition coefficient (Wildman–Crippen LogP) is 3.02. The summed E-state index contributed by atoms with van der Waals surface area (Å²) in [6.45, 7) is 5.10. The Labute approximate surface area is 171 Å². The highest BCUT2D eigenvalue weighted by Gasteiger charge is 2.19. The molecule has 0 bridgehead atoms. The third kappa shape index (κ3) is 6.04. The van der Waals surface area contributed by atoms with Crippen LogP contribution in [-0.4, -0.2) is 54.5 Å². The summed E-state index contributed by atoms with van der Waals surface area (Å²) in [5.74, 6) is -0.424. The number of esters is 1. The molecule has 1 fully saturated rings. The van der Waals surface area contributed by atoms with Crippen molar-refractivity contribution < 1.29 is 14.3 Å². The van der Waals surface area contributed by atoms with Gasteiger partial charge in [-0.3, -0.25) is 4.79 Å². The zero-order valence-electron chi connectivity index (χ0n) is 16.5. The topological polar surface area (TPSA) is 62.7 Å². The SMILES string of the molecule is CCOC(=O)C=Cc1cccc(C=CC(=O)N2CCN(c3ccccc3)CC2)n1. The van der Waals surface area contributed by atoms with Crippen LogP contribution in [0.15, 0.2) is 60.7 Å². The Kier molecular flexibility index (Phi) is 7.16. The quantitative estimate of drug-likeness (QED) is 0.560. The number of hydrogen-bond acceptors (Lipinski definition) is 5. The Morgan fingerprint density at radius 1 is 0.931 bits per heavy atom. The minimum Gasteiger partial charge on any atom is -0.463 e. The molecule has 1 aromatic heterocycles. The van der Waals surface area contributed by atoms with E-state index >= 15 is 0 Å². The molecule has 0 aliphatic carbocycles. The van der Waals surface area contributed by atoms with Gasteiger partial charge in [-0.1, -0.05) is 24.3 Å². The van der Waals surface area contributed by atoms with Crippen molar-refractivity contribution in [1.82, 2.24) is 9.88 Å². The largest absolute Gasteiger partial charge is 0.463 e. The summed E-state index contributed by atoms with van der Waals surface area (Å²) < 4.78 is 4.85. The van der Waals surface area contributed by atoms with Gasteiger partial charge < -0.3 is 14.5 Å². The predicted molar refractivity (Wildman–Crippen MR) is 114 cm³/mol. The first kappa shape index (κ1) is 20.3. The first-order valence-corrected chi connectivity index (χ1v) is 9.74. The van der Waals surface area contributed by atoms with Gasteiger partial charge >= 0.3 is 5.97 Å². The highest BCUT2D eigenvalue weighted by molar-refractivity contribution is 5.91. The maximum absolute atomic E-state index is 12.5. The fourth-order valence-electron chi connectivity index (χ4n) is 3.08. The average Bonchev–Trinajstić information content (AvgIpc) is 2.77. The lowest BCUT2D eigenvalue weighted by molar-refractivity contribution is -0.137. The van der Waals surface area contributed by atoms with E-state index in [-0.39, 0.29) is 5.91 Å². The number of aromatic nitrogens is 1. The number of benzene rings is 1. The molecule has 0 radical (unpaired) electrons. The number of ether oxygens (including phenoxy) is 1. The fraction of sp³-hybridized carbons (Fsp3) is 0.261. The summed E-state index contributed by atoms with van der Waals surface area (Å²) in [6, 6.07) is 15.7. The van der Waals surface area contributed by atoms with Gasteiger partial charge in [0.05, 0.1) is 18.0 Å². The van der Waals surface area contributed by atoms with E-state index in [4.69, 9.17) is 4.74 Å². The standard InChI is InChI=1S/C23H25N3O3/c1-2-29-23(28)14-12-20-8-6-7-19(24-20)11-13-22(27)26-17-15-25(16-18-26)21-9-4-3-5-10-21/h3-14H,2,15-18H2,1H3. The molecule has 0 spiro atoms. The monoisotopic (exact) mass is 391 g/mol. The van der Waals surface area contributed by atoms with Crippen LogP contribution < -0.4 is 4.90 Å². The maximum atomic E-state index is 12.5. The van der Waals surface area contributed by atoms with Crippen LogP contribution >= 0.6 is 0 Å². The average molecular weight is 391 g/mol. The van der Waals surface area contributed by atoms with Crippen LogP contribution in [0.4, 0.5) is 5.69 Å². The molecule has 6 nitrogen and oxygen atoms in total. The van der Waals surface area contributed by atoms with E-state index in [1.54, 1.807) is 31.2 Å². The highest BCUT2D eigenvalue weighted by atomic mass is 16.5. The van der Waals surface area contributed by atoms with Crippen molar-refractivity contribution >= 4 is 29.7 Å². The summed E-state index contributed by atoms with van der Waals surface area (Å²) in [5.41, 5.74) is 2.48. The second kappa shape index (κ2) is 10.2. The maximum Gasteiger partial charge on any atom is 0.330 e. The van der Waals surface area contributed by atoms with E-state index in [9.17, 15) is 9.59 Å². The summed E-state index contributed by atoms with van der Waals surface area (Å²) >= 11 is 0. The Balaban J connectivity index is 1.54. The Bertz CT molecular complexity index is 885. The third-order valence-corrected chi connectivity index (χ3v) is 4.58. The van der Waals surface area contributed by atoms with Crippen LogP contribution in [0, 0.1) is 0 Å². The number of rotatable bonds is 6. The number of carbonyl (C=O) groups is 2. The second-order valence-corrected chi connectivity index (χ2v) is 6.55. The number of amides is 1. The van der Waals surface area contributed by atoms with Crippen molar-refractivity contribution in [2.75, 3.05) is 37.7 Å². The number of piperazine rings is 1. The van der Waals surface area contributed by atoms with Gasteiger partial charge in [-0.25, -0.2) is 9.78 Å². The van der Waals surface area contributed by atoms with Gasteiger partial charge in [-0.15, -0.1) is 0 Å². The van der Waals surface area contributed by atoms with Crippen molar-refractivity contribution in [3.8, 4) is 0 Å². The van der Waals surface area contributed by atoms with Crippen molar-refractivity contribution in [2.24, 2.45) is 0 Å². The number of anilines is 1. The molecular formula is C23H25N3O3. The van der Waals surface area contributed by atoms with Crippen LogP contribution in [-0.2, 0) is 14.3 Å². The molecule has 3 rings (SSSR count). The van der Waals surface area contributed by atoms with Gasteiger partial charge in [-0.2, -0.15) is 0 Å². The Hall–Kier alpha value is -3.41. The van der Waals surface area contributed by atoms with Crippen molar-refractivity contribution in [1.29, 1.82) is 0 Å². The minimum absolute atomic E-state index is 0.0213. The number of para-hydroxylation sites is 1. The smallest absolute Gasteiger partial charge is 0.330 e. The molecule has 0 unspecified atom stereocenters. The fourth-order valence-corrected chi connectivity index (χ4v) is 3.08. The first-order valence-electron chi connectivity index (χ1n) is 9.74. The molecule has 6 heteroatoms. The number of pyridine rings is 1. The number of carbonyl (C=O) groups excluding carboxylic acids is 2. The lowest BCUT2D eigenvalue weighted by Gasteiger charge is -2.35. The summed E-state index contributed by atoms with van der Waals surface area (Å²) in [6.07, 6.45) is 6.20. The molecule has 1 saturated heterocycles. The molecule has 1 aliphatic rings. The zero-order valence-corrected chi connectivity index (χ0v) is 16.5. The van der Waals surface area contributed by atoms with Gasteiger partial charge in [0.2, 0.25) is 5.91 Å². The molecule has 0 atom stereocenters.